The number of nitrogens with zero attached hydrogens (tertiary/aromatic N) is 2. The van der Waals surface area contributed by atoms with Crippen LogP contribution in [0.25, 0.3) is 5.76 Å². The van der Waals surface area contributed by atoms with Gasteiger partial charge in [-0.3, -0.25) is 9.59 Å². The van der Waals surface area contributed by atoms with Crippen LogP contribution in [0.5, 0.6) is 11.5 Å². The molecule has 1 N–H and O–H groups in total. The number of hydrogen-bond acceptors (Lipinski definition) is 6. The largest absolute Gasteiger partial charge is 0.507 e. The summed E-state index contributed by atoms with van der Waals surface area (Å²) in [7, 11) is 6.63. The fourth-order valence-electron chi connectivity index (χ4n) is 3.56. The summed E-state index contributed by atoms with van der Waals surface area (Å²) in [6.07, 6.45) is 0. The molecule has 8 heteroatoms. The predicted octanol–water partition coefficient (Wildman–Crippen LogP) is 2.83. The molecule has 164 valence electrons. The molecular formula is C23H25FN2O5. The maximum Gasteiger partial charge on any atom is 0.295 e. The third-order valence-corrected chi connectivity index (χ3v) is 5.18. The van der Waals surface area contributed by atoms with Crippen molar-refractivity contribution in [2.24, 2.45) is 0 Å². The van der Waals surface area contributed by atoms with E-state index in [0.717, 1.165) is 6.07 Å². The van der Waals surface area contributed by atoms with Crippen molar-refractivity contribution < 1.29 is 28.6 Å². The number of likely N-dealkylation sites (N-methyl/N-ethyl adjacent to an activating group) is 1. The van der Waals surface area contributed by atoms with Crippen LogP contribution in [0.4, 0.5) is 4.39 Å². The molecule has 0 radical (unpaired) electrons. The minimum absolute atomic E-state index is 0.00613. The van der Waals surface area contributed by atoms with Gasteiger partial charge in [0.1, 0.15) is 23.1 Å². The molecule has 1 aliphatic heterocycles. The molecule has 2 aromatic carbocycles. The summed E-state index contributed by atoms with van der Waals surface area (Å²) in [6, 6.07) is 9.67. The fraction of sp³-hybridized carbons (Fsp3) is 0.304. The monoisotopic (exact) mass is 428 g/mol. The molecule has 1 heterocycles. The Morgan fingerprint density at radius 1 is 1.10 bits per heavy atom. The van der Waals surface area contributed by atoms with Gasteiger partial charge >= 0.3 is 0 Å². The number of methoxy groups -OCH3 is 2. The number of ether oxygens (including phenoxy) is 2. The summed E-state index contributed by atoms with van der Waals surface area (Å²) < 4.78 is 24.3. The van der Waals surface area contributed by atoms with Crippen LogP contribution in [0, 0.1) is 5.82 Å². The van der Waals surface area contributed by atoms with E-state index in [1.54, 1.807) is 24.3 Å². The number of halogens is 1. The first-order valence-corrected chi connectivity index (χ1v) is 9.69. The zero-order valence-electron chi connectivity index (χ0n) is 17.9. The van der Waals surface area contributed by atoms with Crippen molar-refractivity contribution in [2.75, 3.05) is 41.4 Å². The predicted molar refractivity (Wildman–Crippen MR) is 114 cm³/mol. The van der Waals surface area contributed by atoms with Crippen LogP contribution in [-0.4, -0.2) is 68.0 Å². The summed E-state index contributed by atoms with van der Waals surface area (Å²) in [5.74, 6) is -1.84. The third kappa shape index (κ3) is 4.39. The Balaban J connectivity index is 2.19. The molecule has 31 heavy (non-hydrogen) atoms. The molecule has 0 saturated carbocycles. The lowest BCUT2D eigenvalue weighted by molar-refractivity contribution is -0.140. The molecule has 0 aliphatic carbocycles. The SMILES string of the molecule is COc1ccc([C@H]2C(=C(O)c3cc(F)ccc3OC)C(=O)C(=O)N2CCN(C)C)cc1. The second-order valence-electron chi connectivity index (χ2n) is 7.41. The van der Waals surface area contributed by atoms with Gasteiger partial charge in [-0.1, -0.05) is 12.1 Å². The average molecular weight is 428 g/mol. The Hall–Kier alpha value is -3.39. The van der Waals surface area contributed by atoms with E-state index in [-0.39, 0.29) is 23.4 Å². The van der Waals surface area contributed by atoms with Crippen molar-refractivity contribution in [1.82, 2.24) is 9.80 Å². The highest BCUT2D eigenvalue weighted by atomic mass is 19.1. The van der Waals surface area contributed by atoms with Crippen molar-refractivity contribution >= 4 is 17.4 Å². The van der Waals surface area contributed by atoms with Gasteiger partial charge in [0.25, 0.3) is 11.7 Å². The van der Waals surface area contributed by atoms with Gasteiger partial charge in [0.15, 0.2) is 0 Å². The molecule has 0 unspecified atom stereocenters. The smallest absolute Gasteiger partial charge is 0.295 e. The molecule has 3 rings (SSSR count). The maximum absolute atomic E-state index is 13.9. The lowest BCUT2D eigenvalue weighted by Gasteiger charge is -2.26. The van der Waals surface area contributed by atoms with Gasteiger partial charge in [-0.2, -0.15) is 0 Å². The summed E-state index contributed by atoms with van der Waals surface area (Å²) in [4.78, 5) is 29.2. The molecule has 0 bridgehead atoms. The van der Waals surface area contributed by atoms with Gasteiger partial charge in [0, 0.05) is 13.1 Å². The maximum atomic E-state index is 13.9. The van der Waals surface area contributed by atoms with E-state index in [4.69, 9.17) is 9.47 Å². The molecule has 1 saturated heterocycles. The summed E-state index contributed by atoms with van der Waals surface area (Å²) in [6.45, 7) is 0.786. The number of aliphatic hydroxyl groups excluding tert-OH is 1. The van der Waals surface area contributed by atoms with Crippen LogP contribution in [-0.2, 0) is 9.59 Å². The average Bonchev–Trinajstić information content (AvgIpc) is 3.01. The zero-order chi connectivity index (χ0) is 22.7. The number of rotatable bonds is 7. The van der Waals surface area contributed by atoms with Gasteiger partial charge in [0.05, 0.1) is 31.4 Å². The van der Waals surface area contributed by atoms with Crippen molar-refractivity contribution in [3.05, 3.63) is 65.0 Å². The first-order valence-electron chi connectivity index (χ1n) is 9.69. The number of amides is 1. The molecule has 1 fully saturated rings. The third-order valence-electron chi connectivity index (χ3n) is 5.18. The van der Waals surface area contributed by atoms with Gasteiger partial charge in [-0.25, -0.2) is 4.39 Å². The molecule has 7 nitrogen and oxygen atoms in total. The minimum Gasteiger partial charge on any atom is -0.507 e. The van der Waals surface area contributed by atoms with E-state index >= 15 is 0 Å². The van der Waals surface area contributed by atoms with Crippen molar-refractivity contribution in [1.29, 1.82) is 0 Å². The minimum atomic E-state index is -0.834. The molecule has 1 amide bonds. The van der Waals surface area contributed by atoms with Gasteiger partial charge in [0.2, 0.25) is 0 Å². The number of benzene rings is 2. The van der Waals surface area contributed by atoms with E-state index in [1.807, 2.05) is 19.0 Å². The van der Waals surface area contributed by atoms with Crippen LogP contribution in [0.3, 0.4) is 0 Å². The lowest BCUT2D eigenvalue weighted by Crippen LogP contribution is -2.35. The van der Waals surface area contributed by atoms with Crippen LogP contribution in [0.1, 0.15) is 17.2 Å². The number of carbonyl (C=O) groups excluding carboxylic acids is 2. The first-order chi connectivity index (χ1) is 14.8. The van der Waals surface area contributed by atoms with Gasteiger partial charge in [-0.15, -0.1) is 0 Å². The van der Waals surface area contributed by atoms with E-state index in [2.05, 4.69) is 0 Å². The number of ketones is 1. The number of carbonyl (C=O) groups is 2. The Bertz CT molecular complexity index is 1020. The fourth-order valence-corrected chi connectivity index (χ4v) is 3.56. The van der Waals surface area contributed by atoms with Crippen molar-refractivity contribution in [2.45, 2.75) is 6.04 Å². The van der Waals surface area contributed by atoms with Crippen LogP contribution in [0.2, 0.25) is 0 Å². The normalized spacial score (nSPS) is 18.0. The van der Waals surface area contributed by atoms with Gasteiger partial charge in [-0.05, 0) is 50.0 Å². The Morgan fingerprint density at radius 3 is 2.35 bits per heavy atom. The molecule has 0 aromatic heterocycles. The highest BCUT2D eigenvalue weighted by Gasteiger charge is 2.46. The first kappa shape index (κ1) is 22.3. The molecule has 1 atom stereocenters. The number of aliphatic hydroxyl groups is 1. The van der Waals surface area contributed by atoms with E-state index in [0.29, 0.717) is 17.9 Å². The molecule has 2 aromatic rings. The standard InChI is InChI=1S/C23H25FN2O5/c1-25(2)11-12-26-20(14-5-8-16(30-3)9-6-14)19(22(28)23(26)29)21(27)17-13-15(24)7-10-18(17)31-4/h5-10,13,20,27H,11-12H2,1-4H3/t20-/m0/s1. The number of hydrogen-bond donors (Lipinski definition) is 1. The van der Waals surface area contributed by atoms with Crippen LogP contribution >= 0.6 is 0 Å². The second-order valence-corrected chi connectivity index (χ2v) is 7.41. The van der Waals surface area contributed by atoms with Gasteiger partial charge < -0.3 is 24.4 Å². The quantitative estimate of drug-likeness (QED) is 0.415. The van der Waals surface area contributed by atoms with Crippen LogP contribution < -0.4 is 9.47 Å². The highest BCUT2D eigenvalue weighted by molar-refractivity contribution is 6.46. The molecular weight excluding hydrogens is 403 g/mol. The van der Waals surface area contributed by atoms with E-state index in [1.165, 1.54) is 31.3 Å². The summed E-state index contributed by atoms with van der Waals surface area (Å²) >= 11 is 0. The number of likely N-dealkylation sites (tertiary alicyclic amines) is 1. The molecule has 1 aliphatic rings. The molecule has 0 spiro atoms. The highest BCUT2D eigenvalue weighted by Crippen LogP contribution is 2.41. The van der Waals surface area contributed by atoms with E-state index in [9.17, 15) is 19.1 Å². The topological polar surface area (TPSA) is 79.3 Å². The summed E-state index contributed by atoms with van der Waals surface area (Å²) in [5.41, 5.74) is 0.514. The number of Topliss-reactive ketones (excluding diaryl/α,β-unsaturated/α-hetero) is 1. The van der Waals surface area contributed by atoms with E-state index < -0.39 is 29.3 Å². The lowest BCUT2D eigenvalue weighted by atomic mass is 9.95. The Kier molecular flexibility index (Phi) is 6.60. The summed E-state index contributed by atoms with van der Waals surface area (Å²) in [5, 5.41) is 11.1. The van der Waals surface area contributed by atoms with Crippen molar-refractivity contribution in [3.8, 4) is 11.5 Å². The van der Waals surface area contributed by atoms with Crippen LogP contribution in [0.15, 0.2) is 48.0 Å². The Labute approximate surface area is 180 Å². The second kappa shape index (κ2) is 9.18. The van der Waals surface area contributed by atoms with Crippen molar-refractivity contribution in [3.63, 3.8) is 0 Å². The zero-order valence-corrected chi connectivity index (χ0v) is 17.9. The Morgan fingerprint density at radius 2 is 1.77 bits per heavy atom.